The average Bonchev–Trinajstić information content (AvgIpc) is 2.06. The number of carbonyl (C=O) groups excluding carboxylic acids is 1. The highest BCUT2D eigenvalue weighted by molar-refractivity contribution is 5.81. The summed E-state index contributed by atoms with van der Waals surface area (Å²) in [6.45, 7) is 1.82. The largest absolute Gasteiger partial charge is 0.274 e. The molecule has 1 amide bonds. The molecule has 0 bridgehead atoms. The second-order valence-corrected chi connectivity index (χ2v) is 2.17. The molecular weight excluding hydrogens is 140 g/mol. The van der Waals surface area contributed by atoms with E-state index in [0.717, 1.165) is 0 Å². The Bertz CT molecular complexity index is 233. The van der Waals surface area contributed by atoms with Crippen LogP contribution in [0.5, 0.6) is 0 Å². The van der Waals surface area contributed by atoms with Gasteiger partial charge in [-0.2, -0.15) is 0 Å². The van der Waals surface area contributed by atoms with Crippen molar-refractivity contribution >= 4 is 5.91 Å². The molecule has 0 aliphatic heterocycles. The van der Waals surface area contributed by atoms with Crippen LogP contribution in [0.15, 0.2) is 30.6 Å². The fourth-order valence-corrected chi connectivity index (χ4v) is 0.696. The second kappa shape index (κ2) is 3.71. The van der Waals surface area contributed by atoms with E-state index in [1.165, 1.54) is 0 Å². The lowest BCUT2D eigenvalue weighted by molar-refractivity contribution is -0.642. The Kier molecular flexibility index (Phi) is 2.60. The fourth-order valence-electron chi connectivity index (χ4n) is 0.696. The Morgan fingerprint density at radius 2 is 2.00 bits per heavy atom. The zero-order valence-electron chi connectivity index (χ0n) is 6.45. The zero-order valence-corrected chi connectivity index (χ0v) is 6.45. The topological polar surface area (TPSA) is 33.0 Å². The van der Waals surface area contributed by atoms with E-state index in [0.29, 0.717) is 6.42 Å². The summed E-state index contributed by atoms with van der Waals surface area (Å²) in [5.74, 6) is 0.0150. The van der Waals surface area contributed by atoms with Crippen molar-refractivity contribution in [1.29, 1.82) is 0 Å². The van der Waals surface area contributed by atoms with Crippen LogP contribution in [0.2, 0.25) is 0 Å². The molecule has 1 N–H and O–H groups in total. The minimum Gasteiger partial charge on any atom is -0.269 e. The van der Waals surface area contributed by atoms with Crippen LogP contribution in [0.3, 0.4) is 0 Å². The molecule has 0 aromatic carbocycles. The maximum absolute atomic E-state index is 10.8. The molecule has 1 aromatic heterocycles. The lowest BCUT2D eigenvalue weighted by atomic mass is 10.5. The van der Waals surface area contributed by atoms with Gasteiger partial charge in [-0.3, -0.25) is 4.79 Å². The molecule has 0 unspecified atom stereocenters. The summed E-state index contributed by atoms with van der Waals surface area (Å²) in [5, 5.41) is 0. The van der Waals surface area contributed by atoms with E-state index >= 15 is 0 Å². The first-order valence-corrected chi connectivity index (χ1v) is 3.59. The van der Waals surface area contributed by atoms with E-state index in [4.69, 9.17) is 0 Å². The molecule has 0 fully saturated rings. The van der Waals surface area contributed by atoms with Crippen LogP contribution in [0.1, 0.15) is 13.3 Å². The average molecular weight is 151 g/mol. The quantitative estimate of drug-likeness (QED) is 0.612. The van der Waals surface area contributed by atoms with Crippen LogP contribution in [-0.2, 0) is 4.79 Å². The van der Waals surface area contributed by atoms with Crippen molar-refractivity contribution in [3.63, 3.8) is 0 Å². The van der Waals surface area contributed by atoms with Gasteiger partial charge >= 0.3 is 0 Å². The zero-order chi connectivity index (χ0) is 8.10. The fraction of sp³-hybridized carbons (Fsp3) is 0.250. The van der Waals surface area contributed by atoms with Gasteiger partial charge in [-0.25, -0.2) is 0 Å². The first-order valence-electron chi connectivity index (χ1n) is 3.59. The van der Waals surface area contributed by atoms with Crippen molar-refractivity contribution in [3.8, 4) is 0 Å². The van der Waals surface area contributed by atoms with Crippen LogP contribution in [0, 0.1) is 0 Å². The predicted octanol–water partition coefficient (Wildman–Crippen LogP) is 0.454. The second-order valence-electron chi connectivity index (χ2n) is 2.17. The van der Waals surface area contributed by atoms with Gasteiger partial charge in [-0.15, -0.1) is 5.43 Å². The highest BCUT2D eigenvalue weighted by Gasteiger charge is 2.01. The van der Waals surface area contributed by atoms with Crippen molar-refractivity contribution in [2.75, 3.05) is 5.43 Å². The number of nitrogens with one attached hydrogen (secondary N) is 1. The van der Waals surface area contributed by atoms with Gasteiger partial charge < -0.3 is 0 Å². The molecule has 0 saturated heterocycles. The van der Waals surface area contributed by atoms with Crippen LogP contribution in [0.25, 0.3) is 0 Å². The Hall–Kier alpha value is -1.38. The summed E-state index contributed by atoms with van der Waals surface area (Å²) in [6, 6.07) is 5.61. The Labute approximate surface area is 65.6 Å². The summed E-state index contributed by atoms with van der Waals surface area (Å²) in [7, 11) is 0. The van der Waals surface area contributed by atoms with E-state index < -0.39 is 0 Å². The van der Waals surface area contributed by atoms with Crippen molar-refractivity contribution in [1.82, 2.24) is 0 Å². The third-order valence-corrected chi connectivity index (χ3v) is 1.29. The summed E-state index contributed by atoms with van der Waals surface area (Å²) in [6.07, 6.45) is 4.07. The first-order chi connectivity index (χ1) is 5.33. The molecule has 11 heavy (non-hydrogen) atoms. The van der Waals surface area contributed by atoms with Crippen molar-refractivity contribution < 1.29 is 9.47 Å². The summed E-state index contributed by atoms with van der Waals surface area (Å²) < 4.78 is 1.63. The van der Waals surface area contributed by atoms with Gasteiger partial charge in [-0.1, -0.05) is 17.7 Å². The Morgan fingerprint density at radius 1 is 1.36 bits per heavy atom. The number of carbonyl (C=O) groups is 1. The number of nitrogens with zero attached hydrogens (tertiary/aromatic N) is 1. The van der Waals surface area contributed by atoms with Gasteiger partial charge in [0.05, 0.1) is 0 Å². The molecule has 0 spiro atoms. The van der Waals surface area contributed by atoms with Crippen LogP contribution in [0.4, 0.5) is 0 Å². The van der Waals surface area contributed by atoms with E-state index in [1.807, 2.05) is 25.1 Å². The minimum absolute atomic E-state index is 0.0150. The Morgan fingerprint density at radius 3 is 2.55 bits per heavy atom. The van der Waals surface area contributed by atoms with E-state index in [2.05, 4.69) is 5.43 Å². The lowest BCUT2D eigenvalue weighted by Crippen LogP contribution is -2.47. The van der Waals surface area contributed by atoms with Gasteiger partial charge in [0.1, 0.15) is 0 Å². The minimum atomic E-state index is 0.0150. The van der Waals surface area contributed by atoms with Gasteiger partial charge in [0, 0.05) is 18.6 Å². The van der Waals surface area contributed by atoms with Gasteiger partial charge in [-0.05, 0) is 0 Å². The third kappa shape index (κ3) is 2.37. The number of hydrogen-bond acceptors (Lipinski definition) is 1. The number of rotatable bonds is 2. The van der Waals surface area contributed by atoms with Crippen molar-refractivity contribution in [2.45, 2.75) is 13.3 Å². The molecule has 58 valence electrons. The molecule has 3 nitrogen and oxygen atoms in total. The van der Waals surface area contributed by atoms with Crippen LogP contribution in [-0.4, -0.2) is 5.91 Å². The molecule has 3 heteroatoms. The van der Waals surface area contributed by atoms with Gasteiger partial charge in [0.15, 0.2) is 12.4 Å². The smallest absolute Gasteiger partial charge is 0.269 e. The SMILES string of the molecule is CCC(=O)N[n+]1ccccc1. The van der Waals surface area contributed by atoms with Crippen LogP contribution >= 0.6 is 0 Å². The van der Waals surface area contributed by atoms with E-state index in [9.17, 15) is 4.79 Å². The molecule has 0 saturated carbocycles. The lowest BCUT2D eigenvalue weighted by Gasteiger charge is -1.93. The molecule has 0 aliphatic rings. The predicted molar refractivity (Wildman–Crippen MR) is 41.3 cm³/mol. The maximum Gasteiger partial charge on any atom is 0.274 e. The highest BCUT2D eigenvalue weighted by Crippen LogP contribution is 1.76. The molecular formula is C8H11N2O+. The van der Waals surface area contributed by atoms with Crippen molar-refractivity contribution in [3.05, 3.63) is 30.6 Å². The Balaban J connectivity index is 2.58. The van der Waals surface area contributed by atoms with Crippen LogP contribution < -0.4 is 10.1 Å². The summed E-state index contributed by atoms with van der Waals surface area (Å²) >= 11 is 0. The molecule has 0 aliphatic carbocycles. The maximum atomic E-state index is 10.8. The standard InChI is InChI=1S/C8H10N2O/c1-2-8(11)9-10-6-4-3-5-7-10/h3-7H,2H2,1H3/p+1. The van der Waals surface area contributed by atoms with Crippen molar-refractivity contribution in [2.24, 2.45) is 0 Å². The molecule has 1 aromatic rings. The third-order valence-electron chi connectivity index (χ3n) is 1.29. The molecule has 0 radical (unpaired) electrons. The highest BCUT2D eigenvalue weighted by atomic mass is 16.2. The number of hydrogen-bond donors (Lipinski definition) is 1. The molecule has 1 rings (SSSR count). The summed E-state index contributed by atoms with van der Waals surface area (Å²) in [4.78, 5) is 10.8. The normalized spacial score (nSPS) is 9.18. The summed E-state index contributed by atoms with van der Waals surface area (Å²) in [5.41, 5.74) is 2.67. The number of pyridine rings is 1. The molecule has 1 heterocycles. The van der Waals surface area contributed by atoms with Gasteiger partial charge in [0.25, 0.3) is 5.91 Å². The number of amides is 1. The monoisotopic (exact) mass is 151 g/mol. The number of aromatic nitrogens is 1. The first kappa shape index (κ1) is 7.72. The van der Waals surface area contributed by atoms with E-state index in [-0.39, 0.29) is 5.91 Å². The van der Waals surface area contributed by atoms with E-state index in [1.54, 1.807) is 17.1 Å². The molecule has 0 atom stereocenters. The van der Waals surface area contributed by atoms with Gasteiger partial charge in [0.2, 0.25) is 0 Å².